The van der Waals surface area contributed by atoms with Crippen molar-refractivity contribution in [3.05, 3.63) is 47.5 Å². The molecule has 0 aliphatic rings. The summed E-state index contributed by atoms with van der Waals surface area (Å²) >= 11 is 0. The number of hydrogen-bond donors (Lipinski definition) is 0. The highest BCUT2D eigenvalue weighted by molar-refractivity contribution is 5.86. The van der Waals surface area contributed by atoms with E-state index in [9.17, 15) is 4.39 Å². The molecule has 0 saturated heterocycles. The second-order valence-electron chi connectivity index (χ2n) is 3.23. The van der Waals surface area contributed by atoms with Crippen LogP contribution in [-0.2, 0) is 0 Å². The Labute approximate surface area is 82.4 Å². The third kappa shape index (κ3) is 1.47. The van der Waals surface area contributed by atoms with Gasteiger partial charge in [-0.05, 0) is 41.3 Å². The van der Waals surface area contributed by atoms with E-state index in [0.717, 1.165) is 5.39 Å². The van der Waals surface area contributed by atoms with Crippen LogP contribution in [-0.4, -0.2) is 0 Å². The summed E-state index contributed by atoms with van der Waals surface area (Å²) < 4.78 is 11.8. The molecular formula is C13H9F. The fourth-order valence-electron chi connectivity index (χ4n) is 1.58. The van der Waals surface area contributed by atoms with Gasteiger partial charge in [-0.25, -0.2) is 0 Å². The van der Waals surface area contributed by atoms with Crippen LogP contribution in [0.15, 0.2) is 36.4 Å². The minimum absolute atomic E-state index is 0.714. The van der Waals surface area contributed by atoms with Gasteiger partial charge in [-0.15, -0.1) is 4.39 Å². The molecule has 0 nitrogen and oxygen atoms in total. The van der Waals surface area contributed by atoms with Crippen molar-refractivity contribution < 1.29 is 4.39 Å². The lowest BCUT2D eigenvalue weighted by Crippen LogP contribution is -1.79. The topological polar surface area (TPSA) is 0 Å². The highest BCUT2D eigenvalue weighted by Gasteiger charge is 1.96. The molecule has 0 aromatic heterocycles. The summed E-state index contributed by atoms with van der Waals surface area (Å²) in [5.74, 6) is 2.40. The van der Waals surface area contributed by atoms with E-state index in [-0.39, 0.29) is 0 Å². The lowest BCUT2D eigenvalue weighted by Gasteiger charge is -2.01. The molecule has 0 aliphatic heterocycles. The van der Waals surface area contributed by atoms with Gasteiger partial charge in [-0.2, -0.15) is 0 Å². The fourth-order valence-corrected chi connectivity index (χ4v) is 1.58. The maximum atomic E-state index is 11.8. The molecule has 1 heteroatoms. The Morgan fingerprint density at radius 2 is 2.00 bits per heavy atom. The Kier molecular flexibility index (Phi) is 2.20. The van der Waals surface area contributed by atoms with Gasteiger partial charge < -0.3 is 0 Å². The van der Waals surface area contributed by atoms with Gasteiger partial charge in [0.05, 0.1) is 0 Å². The van der Waals surface area contributed by atoms with Gasteiger partial charge in [0.25, 0.3) is 0 Å². The third-order valence-corrected chi connectivity index (χ3v) is 2.29. The molecule has 0 unspecified atom stereocenters. The van der Waals surface area contributed by atoms with Gasteiger partial charge in [0.2, 0.25) is 0 Å². The zero-order chi connectivity index (χ0) is 9.97. The van der Waals surface area contributed by atoms with E-state index in [4.69, 9.17) is 0 Å². The smallest absolute Gasteiger partial charge is 0.111 e. The molecule has 0 aliphatic carbocycles. The molecule has 0 N–H and O–H groups in total. The molecule has 0 atom stereocenters. The van der Waals surface area contributed by atoms with E-state index in [1.807, 2.05) is 30.3 Å². The number of aryl methyl sites for hydroxylation is 1. The Morgan fingerprint density at radius 3 is 2.79 bits per heavy atom. The largest absolute Gasteiger partial charge is 0.144 e. The second kappa shape index (κ2) is 3.51. The van der Waals surface area contributed by atoms with Crippen LogP contribution < -0.4 is 0 Å². The number of fused-ring (bicyclic) bond motifs is 1. The van der Waals surface area contributed by atoms with Gasteiger partial charge in [0, 0.05) is 5.56 Å². The standard InChI is InChI=1S/C13H9F/c1-10-3-2-4-12-9-11(7-8-14)5-6-13(10)12/h2-6,9H,1H3. The molecule has 68 valence electrons. The Balaban J connectivity index is 2.71. The minimum Gasteiger partial charge on any atom is -0.144 e. The summed E-state index contributed by atoms with van der Waals surface area (Å²) in [5.41, 5.74) is 1.94. The summed E-state index contributed by atoms with van der Waals surface area (Å²) in [7, 11) is 0. The maximum Gasteiger partial charge on any atom is 0.111 e. The highest BCUT2D eigenvalue weighted by atomic mass is 19.1. The van der Waals surface area contributed by atoms with Crippen LogP contribution in [0.4, 0.5) is 4.39 Å². The second-order valence-corrected chi connectivity index (χ2v) is 3.23. The maximum absolute atomic E-state index is 11.8. The van der Waals surface area contributed by atoms with Crippen LogP contribution in [0, 0.1) is 19.0 Å². The van der Waals surface area contributed by atoms with Crippen molar-refractivity contribution in [3.8, 4) is 12.1 Å². The van der Waals surface area contributed by atoms with Crippen molar-refractivity contribution in [2.45, 2.75) is 6.92 Å². The van der Waals surface area contributed by atoms with Crippen molar-refractivity contribution in [2.75, 3.05) is 0 Å². The Bertz CT molecular complexity index is 530. The first-order valence-corrected chi connectivity index (χ1v) is 4.42. The first-order chi connectivity index (χ1) is 6.81. The van der Waals surface area contributed by atoms with Crippen molar-refractivity contribution in [2.24, 2.45) is 0 Å². The van der Waals surface area contributed by atoms with E-state index >= 15 is 0 Å². The van der Waals surface area contributed by atoms with E-state index in [2.05, 4.69) is 18.9 Å². The molecule has 2 rings (SSSR count). The van der Waals surface area contributed by atoms with Crippen LogP contribution in [0.5, 0.6) is 0 Å². The van der Waals surface area contributed by atoms with E-state index < -0.39 is 0 Å². The molecule has 2 aromatic rings. The van der Waals surface area contributed by atoms with Crippen LogP contribution >= 0.6 is 0 Å². The molecule has 0 heterocycles. The molecule has 0 spiro atoms. The number of hydrogen-bond acceptors (Lipinski definition) is 0. The number of halogens is 1. The molecule has 14 heavy (non-hydrogen) atoms. The SMILES string of the molecule is Cc1cccc2cc(C#CF)ccc12. The lowest BCUT2D eigenvalue weighted by atomic mass is 10.0. The number of benzene rings is 2. The zero-order valence-corrected chi connectivity index (χ0v) is 7.84. The highest BCUT2D eigenvalue weighted by Crippen LogP contribution is 2.19. The monoisotopic (exact) mass is 184 g/mol. The van der Waals surface area contributed by atoms with Crippen LogP contribution in [0.25, 0.3) is 10.8 Å². The normalized spacial score (nSPS) is 9.57. The number of rotatable bonds is 0. The Hall–Kier alpha value is -1.81. The van der Waals surface area contributed by atoms with Crippen LogP contribution in [0.3, 0.4) is 0 Å². The van der Waals surface area contributed by atoms with Crippen LogP contribution in [0.2, 0.25) is 0 Å². The predicted octanol–water partition coefficient (Wildman–Crippen LogP) is 3.43. The summed E-state index contributed by atoms with van der Waals surface area (Å²) in [6, 6.07) is 11.8. The first-order valence-electron chi connectivity index (χ1n) is 4.42. The molecule has 0 radical (unpaired) electrons. The zero-order valence-electron chi connectivity index (χ0n) is 7.84. The van der Waals surface area contributed by atoms with Gasteiger partial charge in [-0.1, -0.05) is 24.3 Å². The fraction of sp³-hybridized carbons (Fsp3) is 0.0769. The van der Waals surface area contributed by atoms with E-state index in [1.54, 1.807) is 0 Å². The molecule has 0 amide bonds. The van der Waals surface area contributed by atoms with Crippen molar-refractivity contribution in [3.63, 3.8) is 0 Å². The van der Waals surface area contributed by atoms with Gasteiger partial charge in [-0.3, -0.25) is 0 Å². The van der Waals surface area contributed by atoms with Gasteiger partial charge in [0.15, 0.2) is 0 Å². The molecule has 0 fully saturated rings. The summed E-state index contributed by atoms with van der Waals surface area (Å²) in [6.07, 6.45) is 1.41. The quantitative estimate of drug-likeness (QED) is 0.550. The Morgan fingerprint density at radius 1 is 1.14 bits per heavy atom. The average Bonchev–Trinajstić information content (AvgIpc) is 2.18. The third-order valence-electron chi connectivity index (χ3n) is 2.29. The van der Waals surface area contributed by atoms with Crippen molar-refractivity contribution in [1.82, 2.24) is 0 Å². The molecule has 2 aromatic carbocycles. The van der Waals surface area contributed by atoms with Crippen LogP contribution in [0.1, 0.15) is 11.1 Å². The van der Waals surface area contributed by atoms with E-state index in [0.29, 0.717) is 5.56 Å². The molecule has 0 bridgehead atoms. The summed E-state index contributed by atoms with van der Waals surface area (Å²) in [6.45, 7) is 2.06. The first kappa shape index (κ1) is 8.77. The minimum atomic E-state index is 0.714. The molecule has 0 saturated carbocycles. The average molecular weight is 184 g/mol. The van der Waals surface area contributed by atoms with Gasteiger partial charge in [0.1, 0.15) is 6.17 Å². The van der Waals surface area contributed by atoms with Crippen molar-refractivity contribution in [1.29, 1.82) is 0 Å². The van der Waals surface area contributed by atoms with E-state index in [1.165, 1.54) is 17.1 Å². The predicted molar refractivity (Wildman–Crippen MR) is 56.7 cm³/mol. The molecular weight excluding hydrogens is 175 g/mol. The summed E-state index contributed by atoms with van der Waals surface area (Å²) in [4.78, 5) is 0. The summed E-state index contributed by atoms with van der Waals surface area (Å²) in [5, 5.41) is 2.29. The van der Waals surface area contributed by atoms with Gasteiger partial charge >= 0.3 is 0 Å². The van der Waals surface area contributed by atoms with Crippen molar-refractivity contribution >= 4 is 10.8 Å². The lowest BCUT2D eigenvalue weighted by molar-refractivity contribution is 0.774.